The van der Waals surface area contributed by atoms with Gasteiger partial charge in [-0.05, 0) is 30.7 Å². The Labute approximate surface area is 190 Å². The fourth-order valence-corrected chi connectivity index (χ4v) is 3.42. The summed E-state index contributed by atoms with van der Waals surface area (Å²) in [7, 11) is 0. The molecule has 1 aromatic carbocycles. The van der Waals surface area contributed by atoms with Gasteiger partial charge in [0.15, 0.2) is 0 Å². The third kappa shape index (κ3) is 13.3. The average Bonchev–Trinajstić information content (AvgIpc) is 2.66. The van der Waals surface area contributed by atoms with Gasteiger partial charge in [-0.3, -0.25) is 4.79 Å². The number of alkyl halides is 3. The first-order chi connectivity index (χ1) is 13.8. The molecule has 0 aliphatic rings. The number of carbonyl (C=O) groups excluding carboxylic acids is 1. The SMILES string of the molecule is CCCCCCCCCCCCCC(=O)N[C@H](Nc1ccc(F)cc1)C(Cl)(Cl)Cl. The fraction of sp³-hybridized carbons (Fsp3) is 0.682. The van der Waals surface area contributed by atoms with Crippen molar-refractivity contribution in [1.82, 2.24) is 5.32 Å². The number of amides is 1. The van der Waals surface area contributed by atoms with Crippen molar-refractivity contribution in [2.75, 3.05) is 5.32 Å². The van der Waals surface area contributed by atoms with Crippen molar-refractivity contribution in [3.63, 3.8) is 0 Å². The van der Waals surface area contributed by atoms with E-state index in [-0.39, 0.29) is 11.7 Å². The largest absolute Gasteiger partial charge is 0.362 e. The van der Waals surface area contributed by atoms with Gasteiger partial charge in [-0.1, -0.05) is 106 Å². The first-order valence-corrected chi connectivity index (χ1v) is 11.8. The second-order valence-electron chi connectivity index (χ2n) is 7.48. The van der Waals surface area contributed by atoms with Crippen LogP contribution in [0.4, 0.5) is 10.1 Å². The van der Waals surface area contributed by atoms with Gasteiger partial charge in [0, 0.05) is 12.1 Å². The summed E-state index contributed by atoms with van der Waals surface area (Å²) >= 11 is 17.9. The molecule has 0 saturated heterocycles. The van der Waals surface area contributed by atoms with Gasteiger partial charge < -0.3 is 10.6 Å². The van der Waals surface area contributed by atoms with Crippen molar-refractivity contribution < 1.29 is 9.18 Å². The van der Waals surface area contributed by atoms with Gasteiger partial charge in [-0.25, -0.2) is 4.39 Å². The number of nitrogens with one attached hydrogen (secondary N) is 2. The van der Waals surface area contributed by atoms with Crippen molar-refractivity contribution in [2.24, 2.45) is 0 Å². The fourth-order valence-electron chi connectivity index (χ4n) is 3.10. The van der Waals surface area contributed by atoms with Crippen LogP contribution in [0.1, 0.15) is 84.0 Å². The summed E-state index contributed by atoms with van der Waals surface area (Å²) in [6, 6.07) is 5.64. The molecule has 0 aliphatic heterocycles. The number of hydrogen-bond donors (Lipinski definition) is 2. The molecule has 0 radical (unpaired) electrons. The maximum atomic E-state index is 13.0. The Morgan fingerprint density at radius 3 is 1.86 bits per heavy atom. The van der Waals surface area contributed by atoms with Crippen LogP contribution in [0.3, 0.4) is 0 Å². The van der Waals surface area contributed by atoms with E-state index in [1.54, 1.807) is 0 Å². The number of rotatable bonds is 15. The summed E-state index contributed by atoms with van der Waals surface area (Å²) in [6.07, 6.45) is 12.9. The zero-order valence-corrected chi connectivity index (χ0v) is 19.6. The normalized spacial score (nSPS) is 12.6. The summed E-state index contributed by atoms with van der Waals surface area (Å²) in [5.41, 5.74) is 0.553. The van der Waals surface area contributed by atoms with E-state index in [2.05, 4.69) is 17.6 Å². The smallest absolute Gasteiger partial charge is 0.228 e. The quantitative estimate of drug-likeness (QED) is 0.157. The van der Waals surface area contributed by atoms with E-state index in [9.17, 15) is 9.18 Å². The minimum Gasteiger partial charge on any atom is -0.362 e. The summed E-state index contributed by atoms with van der Waals surface area (Å²) in [4.78, 5) is 12.2. The second-order valence-corrected chi connectivity index (χ2v) is 9.85. The summed E-state index contributed by atoms with van der Waals surface area (Å²) in [6.45, 7) is 2.24. The second kappa shape index (κ2) is 15.1. The van der Waals surface area contributed by atoms with Gasteiger partial charge in [0.05, 0.1) is 0 Å². The Bertz CT molecular complexity index is 564. The zero-order valence-electron chi connectivity index (χ0n) is 17.3. The van der Waals surface area contributed by atoms with Crippen molar-refractivity contribution in [1.29, 1.82) is 0 Å². The van der Waals surface area contributed by atoms with Crippen LogP contribution in [0.15, 0.2) is 24.3 Å². The van der Waals surface area contributed by atoms with Gasteiger partial charge in [0.1, 0.15) is 12.0 Å². The Balaban J connectivity index is 2.19. The van der Waals surface area contributed by atoms with Crippen LogP contribution < -0.4 is 10.6 Å². The Morgan fingerprint density at radius 2 is 1.38 bits per heavy atom. The van der Waals surface area contributed by atoms with E-state index in [1.165, 1.54) is 75.6 Å². The Kier molecular flexibility index (Phi) is 13.7. The van der Waals surface area contributed by atoms with Crippen molar-refractivity contribution in [3.8, 4) is 0 Å². The molecule has 166 valence electrons. The van der Waals surface area contributed by atoms with Gasteiger partial charge in [0.25, 0.3) is 0 Å². The molecule has 7 heteroatoms. The number of anilines is 1. The van der Waals surface area contributed by atoms with Crippen LogP contribution in [0.2, 0.25) is 0 Å². The van der Waals surface area contributed by atoms with Gasteiger partial charge in [0.2, 0.25) is 9.70 Å². The molecule has 0 unspecified atom stereocenters. The van der Waals surface area contributed by atoms with Crippen LogP contribution >= 0.6 is 34.8 Å². The molecule has 3 nitrogen and oxygen atoms in total. The number of carbonyl (C=O) groups is 1. The van der Waals surface area contributed by atoms with E-state index in [0.717, 1.165) is 19.3 Å². The number of hydrogen-bond acceptors (Lipinski definition) is 2. The molecule has 0 heterocycles. The minimum atomic E-state index is -1.73. The van der Waals surface area contributed by atoms with Gasteiger partial charge in [-0.15, -0.1) is 0 Å². The maximum absolute atomic E-state index is 13.0. The van der Waals surface area contributed by atoms with Crippen LogP contribution in [-0.4, -0.2) is 15.9 Å². The maximum Gasteiger partial charge on any atom is 0.228 e. The molecule has 1 rings (SSSR count). The molecule has 1 amide bonds. The van der Waals surface area contributed by atoms with Crippen molar-refractivity contribution >= 4 is 46.4 Å². The summed E-state index contributed by atoms with van der Waals surface area (Å²) < 4.78 is 11.3. The van der Waals surface area contributed by atoms with Crippen molar-refractivity contribution in [2.45, 2.75) is 93.9 Å². The Morgan fingerprint density at radius 1 is 0.897 bits per heavy atom. The lowest BCUT2D eigenvalue weighted by Crippen LogP contribution is -2.49. The molecule has 1 atom stereocenters. The summed E-state index contributed by atoms with van der Waals surface area (Å²) in [5.74, 6) is -0.534. The average molecular weight is 468 g/mol. The predicted molar refractivity (Wildman–Crippen MR) is 123 cm³/mol. The lowest BCUT2D eigenvalue weighted by Gasteiger charge is -2.27. The highest BCUT2D eigenvalue weighted by atomic mass is 35.6. The topological polar surface area (TPSA) is 41.1 Å². The standard InChI is InChI=1S/C22H34Cl3FN2O/c1-2-3-4-5-6-7-8-9-10-11-12-13-20(29)28-21(22(23,24)25)27-19-16-14-18(26)15-17-19/h14-17,21,27H,2-13H2,1H3,(H,28,29)/t21-/m0/s1. The lowest BCUT2D eigenvalue weighted by molar-refractivity contribution is -0.121. The van der Waals surface area contributed by atoms with Gasteiger partial charge >= 0.3 is 0 Å². The Hall–Kier alpha value is -0.710. The molecule has 0 aliphatic carbocycles. The highest BCUT2D eigenvalue weighted by Crippen LogP contribution is 2.31. The van der Waals surface area contributed by atoms with Crippen LogP contribution in [0.5, 0.6) is 0 Å². The molecular formula is C22H34Cl3FN2O. The number of halogens is 4. The first kappa shape index (κ1) is 26.3. The molecule has 29 heavy (non-hydrogen) atoms. The van der Waals surface area contributed by atoms with Crippen molar-refractivity contribution in [3.05, 3.63) is 30.1 Å². The van der Waals surface area contributed by atoms with Crippen LogP contribution in [-0.2, 0) is 4.79 Å². The van der Waals surface area contributed by atoms with E-state index < -0.39 is 9.96 Å². The molecule has 2 N–H and O–H groups in total. The zero-order chi connectivity index (χ0) is 21.5. The first-order valence-electron chi connectivity index (χ1n) is 10.7. The number of benzene rings is 1. The van der Waals surface area contributed by atoms with Crippen LogP contribution in [0, 0.1) is 5.82 Å². The van der Waals surface area contributed by atoms with E-state index in [4.69, 9.17) is 34.8 Å². The van der Waals surface area contributed by atoms with E-state index >= 15 is 0 Å². The van der Waals surface area contributed by atoms with Crippen LogP contribution in [0.25, 0.3) is 0 Å². The molecule has 0 aromatic heterocycles. The molecule has 0 bridgehead atoms. The molecule has 0 fully saturated rings. The third-order valence-electron chi connectivity index (χ3n) is 4.80. The minimum absolute atomic E-state index is 0.174. The number of unbranched alkanes of at least 4 members (excludes halogenated alkanes) is 10. The van der Waals surface area contributed by atoms with E-state index in [1.807, 2.05) is 0 Å². The lowest BCUT2D eigenvalue weighted by atomic mass is 10.1. The molecule has 0 spiro atoms. The van der Waals surface area contributed by atoms with Gasteiger partial charge in [-0.2, -0.15) is 0 Å². The van der Waals surface area contributed by atoms with E-state index in [0.29, 0.717) is 12.1 Å². The summed E-state index contributed by atoms with van der Waals surface area (Å²) in [5, 5.41) is 5.64. The molecular weight excluding hydrogens is 434 g/mol. The molecule has 0 saturated carbocycles. The monoisotopic (exact) mass is 466 g/mol. The molecule has 1 aromatic rings. The highest BCUT2D eigenvalue weighted by Gasteiger charge is 2.33. The third-order valence-corrected chi connectivity index (χ3v) is 5.45. The highest BCUT2D eigenvalue weighted by molar-refractivity contribution is 6.68. The predicted octanol–water partition coefficient (Wildman–Crippen LogP) is 7.75.